The number of anilines is 2. The quantitative estimate of drug-likeness (QED) is 0.501. The van der Waals surface area contributed by atoms with E-state index in [0.29, 0.717) is 42.0 Å². The maximum atomic E-state index is 13.7. The molecule has 1 saturated heterocycles. The molecule has 1 N–H and O–H groups in total. The van der Waals surface area contributed by atoms with E-state index in [1.165, 1.54) is 0 Å². The van der Waals surface area contributed by atoms with Gasteiger partial charge < -0.3 is 14.8 Å². The second-order valence-corrected chi connectivity index (χ2v) is 9.24. The standard InChI is InChI=1S/C26H32N8O/c1-5-12-32-16-28-31-25(32)21-8-7-9-23(29-21)33-15-20-19(26(33)35)13-24(30-22(20)14-27-4)34-17(3)10-11-18(34)6-2/h6-9,13,16-18,27H,2,5,10-12,14-15H2,1,3-4H3/t17-,18-/m1/s1. The van der Waals surface area contributed by atoms with Crippen molar-refractivity contribution >= 4 is 17.5 Å². The van der Waals surface area contributed by atoms with Gasteiger partial charge >= 0.3 is 0 Å². The van der Waals surface area contributed by atoms with E-state index in [-0.39, 0.29) is 11.9 Å². The van der Waals surface area contributed by atoms with Crippen molar-refractivity contribution in [3.05, 3.63) is 60.1 Å². The zero-order valence-corrected chi connectivity index (χ0v) is 20.6. The van der Waals surface area contributed by atoms with E-state index in [1.807, 2.05) is 42.0 Å². The second-order valence-electron chi connectivity index (χ2n) is 9.24. The molecule has 0 aliphatic carbocycles. The van der Waals surface area contributed by atoms with Gasteiger partial charge in [0.2, 0.25) is 0 Å². The molecule has 2 aliphatic rings. The molecule has 2 aliphatic heterocycles. The largest absolute Gasteiger partial charge is 0.347 e. The fourth-order valence-corrected chi connectivity index (χ4v) is 5.18. The van der Waals surface area contributed by atoms with Crippen LogP contribution in [-0.4, -0.2) is 49.8 Å². The number of nitrogens with one attached hydrogen (secondary N) is 1. The molecule has 9 nitrogen and oxygen atoms in total. The van der Waals surface area contributed by atoms with Gasteiger partial charge in [0.25, 0.3) is 5.91 Å². The van der Waals surface area contributed by atoms with Gasteiger partial charge in [0, 0.05) is 30.7 Å². The van der Waals surface area contributed by atoms with Gasteiger partial charge in [-0.25, -0.2) is 9.97 Å². The molecule has 182 valence electrons. The van der Waals surface area contributed by atoms with E-state index in [2.05, 4.69) is 40.8 Å². The Hall–Kier alpha value is -3.59. The molecule has 0 radical (unpaired) electrons. The summed E-state index contributed by atoms with van der Waals surface area (Å²) in [6.45, 7) is 10.2. The van der Waals surface area contributed by atoms with Crippen molar-refractivity contribution in [2.75, 3.05) is 16.8 Å². The van der Waals surface area contributed by atoms with Crippen molar-refractivity contribution in [2.24, 2.45) is 0 Å². The molecule has 0 saturated carbocycles. The minimum absolute atomic E-state index is 0.0531. The van der Waals surface area contributed by atoms with Gasteiger partial charge in [0.05, 0.1) is 17.8 Å². The van der Waals surface area contributed by atoms with Crippen LogP contribution in [0.4, 0.5) is 11.6 Å². The summed E-state index contributed by atoms with van der Waals surface area (Å²) in [4.78, 5) is 27.5. The number of fused-ring (bicyclic) bond motifs is 1. The fraction of sp³-hybridized carbons (Fsp3) is 0.423. The number of aryl methyl sites for hydroxylation is 1. The van der Waals surface area contributed by atoms with Crippen LogP contribution in [0, 0.1) is 0 Å². The number of nitrogens with zero attached hydrogens (tertiary/aromatic N) is 7. The molecule has 35 heavy (non-hydrogen) atoms. The highest BCUT2D eigenvalue weighted by Gasteiger charge is 2.36. The molecule has 0 spiro atoms. The summed E-state index contributed by atoms with van der Waals surface area (Å²) in [6, 6.07) is 8.22. The average Bonchev–Trinajstić information content (AvgIpc) is 3.57. The first-order valence-corrected chi connectivity index (χ1v) is 12.3. The van der Waals surface area contributed by atoms with Crippen molar-refractivity contribution in [1.82, 2.24) is 30.0 Å². The maximum absolute atomic E-state index is 13.7. The number of pyridine rings is 2. The number of carbonyl (C=O) groups is 1. The molecule has 5 heterocycles. The Kier molecular flexibility index (Phi) is 6.34. The number of amides is 1. The lowest BCUT2D eigenvalue weighted by Crippen LogP contribution is -2.34. The highest BCUT2D eigenvalue weighted by atomic mass is 16.2. The summed E-state index contributed by atoms with van der Waals surface area (Å²) < 4.78 is 1.99. The third kappa shape index (κ3) is 4.10. The van der Waals surface area contributed by atoms with E-state index in [1.54, 1.807) is 11.2 Å². The first-order valence-electron chi connectivity index (χ1n) is 12.3. The van der Waals surface area contributed by atoms with Crippen LogP contribution in [0.25, 0.3) is 11.5 Å². The first-order chi connectivity index (χ1) is 17.0. The third-order valence-corrected chi connectivity index (χ3v) is 6.90. The van der Waals surface area contributed by atoms with Crippen molar-refractivity contribution in [3.8, 4) is 11.5 Å². The molecule has 2 atom stereocenters. The van der Waals surface area contributed by atoms with E-state index in [0.717, 1.165) is 42.9 Å². The highest BCUT2D eigenvalue weighted by Crippen LogP contribution is 2.36. The van der Waals surface area contributed by atoms with Crippen molar-refractivity contribution in [3.63, 3.8) is 0 Å². The topological polar surface area (TPSA) is 92.1 Å². The second kappa shape index (κ2) is 9.58. The normalized spacial score (nSPS) is 19.5. The van der Waals surface area contributed by atoms with Crippen LogP contribution < -0.4 is 15.1 Å². The molecule has 1 amide bonds. The van der Waals surface area contributed by atoms with Gasteiger partial charge in [0.15, 0.2) is 5.82 Å². The van der Waals surface area contributed by atoms with E-state index >= 15 is 0 Å². The summed E-state index contributed by atoms with van der Waals surface area (Å²) in [5.74, 6) is 2.09. The Morgan fingerprint density at radius 1 is 1.23 bits per heavy atom. The molecule has 0 unspecified atom stereocenters. The van der Waals surface area contributed by atoms with Crippen molar-refractivity contribution in [1.29, 1.82) is 0 Å². The van der Waals surface area contributed by atoms with Crippen LogP contribution in [0.15, 0.2) is 43.2 Å². The highest BCUT2D eigenvalue weighted by molar-refractivity contribution is 6.10. The zero-order chi connectivity index (χ0) is 24.5. The summed E-state index contributed by atoms with van der Waals surface area (Å²) in [6.07, 6.45) is 6.80. The van der Waals surface area contributed by atoms with Crippen molar-refractivity contribution in [2.45, 2.75) is 64.8 Å². The van der Waals surface area contributed by atoms with Gasteiger partial charge in [-0.3, -0.25) is 9.69 Å². The monoisotopic (exact) mass is 472 g/mol. The molecular formula is C26H32N8O. The lowest BCUT2D eigenvalue weighted by Gasteiger charge is -2.28. The van der Waals surface area contributed by atoms with Crippen LogP contribution in [0.2, 0.25) is 0 Å². The minimum atomic E-state index is -0.0531. The number of hydrogen-bond acceptors (Lipinski definition) is 7. The molecule has 9 heteroatoms. The minimum Gasteiger partial charge on any atom is -0.347 e. The smallest absolute Gasteiger partial charge is 0.260 e. The molecular weight excluding hydrogens is 440 g/mol. The van der Waals surface area contributed by atoms with Gasteiger partial charge in [-0.05, 0) is 51.4 Å². The Balaban J connectivity index is 1.51. The van der Waals surface area contributed by atoms with Gasteiger partial charge in [-0.1, -0.05) is 19.1 Å². The first kappa shape index (κ1) is 23.2. The number of carbonyl (C=O) groups excluding carboxylic acids is 1. The summed E-state index contributed by atoms with van der Waals surface area (Å²) in [5, 5.41) is 11.5. The lowest BCUT2D eigenvalue weighted by atomic mass is 10.1. The van der Waals surface area contributed by atoms with Crippen LogP contribution in [0.5, 0.6) is 0 Å². The molecule has 1 fully saturated rings. The summed E-state index contributed by atoms with van der Waals surface area (Å²) in [5.41, 5.74) is 3.25. The van der Waals surface area contributed by atoms with Crippen LogP contribution in [-0.2, 0) is 19.6 Å². The SMILES string of the molecule is C=C[C@@H]1CC[C@@H](C)N1c1cc2c(c(CNC)n1)CN(c1cccc(-c3nncn3CCC)n1)C2=O. The van der Waals surface area contributed by atoms with Crippen molar-refractivity contribution < 1.29 is 4.79 Å². The molecule has 3 aromatic rings. The molecule has 0 aromatic carbocycles. The average molecular weight is 473 g/mol. The van der Waals surface area contributed by atoms with E-state index < -0.39 is 0 Å². The lowest BCUT2D eigenvalue weighted by molar-refractivity contribution is 0.0996. The fourth-order valence-electron chi connectivity index (χ4n) is 5.18. The summed E-state index contributed by atoms with van der Waals surface area (Å²) >= 11 is 0. The Morgan fingerprint density at radius 3 is 2.86 bits per heavy atom. The van der Waals surface area contributed by atoms with Gasteiger partial charge in [-0.15, -0.1) is 16.8 Å². The third-order valence-electron chi connectivity index (χ3n) is 6.90. The van der Waals surface area contributed by atoms with Gasteiger partial charge in [0.1, 0.15) is 23.7 Å². The van der Waals surface area contributed by atoms with E-state index in [9.17, 15) is 4.79 Å². The van der Waals surface area contributed by atoms with E-state index in [4.69, 9.17) is 9.97 Å². The molecule has 0 bridgehead atoms. The Bertz CT molecular complexity index is 1250. The van der Waals surface area contributed by atoms with Crippen LogP contribution in [0.3, 0.4) is 0 Å². The Labute approximate surface area is 205 Å². The number of rotatable bonds is 8. The predicted molar refractivity (Wildman–Crippen MR) is 136 cm³/mol. The van der Waals surface area contributed by atoms with Crippen LogP contribution >= 0.6 is 0 Å². The number of hydrogen-bond donors (Lipinski definition) is 1. The predicted octanol–water partition coefficient (Wildman–Crippen LogP) is 3.57. The number of aromatic nitrogens is 5. The van der Waals surface area contributed by atoms with Gasteiger partial charge in [-0.2, -0.15) is 0 Å². The molecule has 3 aromatic heterocycles. The maximum Gasteiger partial charge on any atom is 0.260 e. The summed E-state index contributed by atoms with van der Waals surface area (Å²) in [7, 11) is 1.90. The zero-order valence-electron chi connectivity index (χ0n) is 20.6. The van der Waals surface area contributed by atoms with Crippen LogP contribution in [0.1, 0.15) is 54.7 Å². The molecule has 5 rings (SSSR count). The Morgan fingerprint density at radius 2 is 2.09 bits per heavy atom.